The van der Waals surface area contributed by atoms with E-state index in [0.717, 1.165) is 5.56 Å². The number of fused-ring (bicyclic) bond motifs is 1. The summed E-state index contributed by atoms with van der Waals surface area (Å²) in [4.78, 5) is 23.5. The Morgan fingerprint density at radius 2 is 2.15 bits per heavy atom. The number of nitrogens with zero attached hydrogens (tertiary/aromatic N) is 1. The van der Waals surface area contributed by atoms with Crippen LogP contribution in [0.25, 0.3) is 6.08 Å². The first-order valence-corrected chi connectivity index (χ1v) is 8.28. The van der Waals surface area contributed by atoms with Gasteiger partial charge in [-0.3, -0.25) is 9.59 Å². The van der Waals surface area contributed by atoms with E-state index in [-0.39, 0.29) is 30.1 Å². The molecule has 8 heteroatoms. The van der Waals surface area contributed by atoms with E-state index >= 15 is 0 Å². The average Bonchev–Trinajstić information content (AvgIpc) is 2.66. The van der Waals surface area contributed by atoms with Gasteiger partial charge in [0.05, 0.1) is 16.4 Å². The van der Waals surface area contributed by atoms with Crippen LogP contribution in [0.3, 0.4) is 0 Å². The van der Waals surface area contributed by atoms with Crippen LogP contribution < -0.4 is 20.1 Å². The van der Waals surface area contributed by atoms with E-state index in [9.17, 15) is 9.59 Å². The number of carbonyl (C=O) groups is 2. The van der Waals surface area contributed by atoms with Gasteiger partial charge in [0.25, 0.3) is 5.91 Å². The highest BCUT2D eigenvalue weighted by molar-refractivity contribution is 6.34. The Morgan fingerprint density at radius 1 is 1.37 bits per heavy atom. The molecule has 1 aliphatic heterocycles. The number of anilines is 2. The van der Waals surface area contributed by atoms with E-state index in [1.165, 1.54) is 12.1 Å². The highest BCUT2D eigenvalue weighted by Crippen LogP contribution is 2.36. The summed E-state index contributed by atoms with van der Waals surface area (Å²) in [5.41, 5.74) is 1.63. The van der Waals surface area contributed by atoms with E-state index in [0.29, 0.717) is 22.9 Å². The predicted molar refractivity (Wildman–Crippen MR) is 101 cm³/mol. The van der Waals surface area contributed by atoms with Gasteiger partial charge in [0.1, 0.15) is 17.6 Å². The number of hydrogen-bond donors (Lipinski definition) is 2. The van der Waals surface area contributed by atoms with Gasteiger partial charge in [-0.1, -0.05) is 23.7 Å². The van der Waals surface area contributed by atoms with Gasteiger partial charge >= 0.3 is 0 Å². The van der Waals surface area contributed by atoms with Gasteiger partial charge in [-0.05, 0) is 29.8 Å². The average molecular weight is 384 g/mol. The maximum Gasteiger partial charge on any atom is 0.262 e. The Morgan fingerprint density at radius 3 is 2.89 bits per heavy atom. The Balaban J connectivity index is 1.64. The summed E-state index contributed by atoms with van der Waals surface area (Å²) in [6, 6.07) is 11.9. The van der Waals surface area contributed by atoms with Crippen molar-refractivity contribution in [1.82, 2.24) is 0 Å². The smallest absolute Gasteiger partial charge is 0.262 e. The molecule has 3 rings (SSSR count). The van der Waals surface area contributed by atoms with E-state index in [1.54, 1.807) is 36.4 Å². The molecule has 0 saturated carbocycles. The zero-order chi connectivity index (χ0) is 19.2. The Hall–Kier alpha value is -3.50. The molecule has 27 heavy (non-hydrogen) atoms. The molecule has 0 spiro atoms. The molecule has 136 valence electrons. The van der Waals surface area contributed by atoms with Crippen molar-refractivity contribution in [3.8, 4) is 17.6 Å². The summed E-state index contributed by atoms with van der Waals surface area (Å²) in [5.74, 6) is 0.376. The predicted octanol–water partition coefficient (Wildman–Crippen LogP) is 3.23. The number of nitriles is 1. The lowest BCUT2D eigenvalue weighted by molar-refractivity contribution is -0.118. The molecule has 0 aromatic heterocycles. The zero-order valence-corrected chi connectivity index (χ0v) is 14.7. The molecule has 0 bridgehead atoms. The molecule has 1 heterocycles. The maximum absolute atomic E-state index is 12.1. The SMILES string of the molecule is N#CCOc1ccc(/C=C/C(=O)Nc2cc3c(cc2Cl)NC(=O)CO3)cc1. The quantitative estimate of drug-likeness (QED) is 0.772. The van der Waals surface area contributed by atoms with Crippen molar-refractivity contribution in [2.24, 2.45) is 0 Å². The normalized spacial score (nSPS) is 12.5. The monoisotopic (exact) mass is 383 g/mol. The Bertz CT molecular complexity index is 949. The molecule has 0 unspecified atom stereocenters. The second-order valence-electron chi connectivity index (χ2n) is 5.50. The van der Waals surface area contributed by atoms with Crippen molar-refractivity contribution < 1.29 is 19.1 Å². The number of rotatable bonds is 5. The second kappa shape index (κ2) is 8.25. The fourth-order valence-corrected chi connectivity index (χ4v) is 2.54. The number of benzene rings is 2. The van der Waals surface area contributed by atoms with Crippen LogP contribution in [0.15, 0.2) is 42.5 Å². The number of carbonyl (C=O) groups excluding carboxylic acids is 2. The van der Waals surface area contributed by atoms with Crippen LogP contribution in [0, 0.1) is 11.3 Å². The lowest BCUT2D eigenvalue weighted by atomic mass is 10.2. The lowest BCUT2D eigenvalue weighted by Gasteiger charge is -2.19. The third-order valence-electron chi connectivity index (χ3n) is 3.57. The number of ether oxygens (including phenoxy) is 2. The summed E-state index contributed by atoms with van der Waals surface area (Å²) in [5, 5.41) is 14.1. The van der Waals surface area contributed by atoms with Crippen molar-refractivity contribution in [2.45, 2.75) is 0 Å². The van der Waals surface area contributed by atoms with E-state index < -0.39 is 0 Å². The molecule has 0 radical (unpaired) electrons. The molecule has 2 aromatic carbocycles. The van der Waals surface area contributed by atoms with Crippen molar-refractivity contribution >= 4 is 40.9 Å². The number of halogens is 1. The van der Waals surface area contributed by atoms with Crippen molar-refractivity contribution in [2.75, 3.05) is 23.8 Å². The van der Waals surface area contributed by atoms with E-state index in [1.807, 2.05) is 6.07 Å². The summed E-state index contributed by atoms with van der Waals surface area (Å²) >= 11 is 6.15. The fourth-order valence-electron chi connectivity index (χ4n) is 2.33. The largest absolute Gasteiger partial charge is 0.482 e. The number of hydrogen-bond acceptors (Lipinski definition) is 5. The zero-order valence-electron chi connectivity index (χ0n) is 14.0. The van der Waals surface area contributed by atoms with Gasteiger partial charge in [0.2, 0.25) is 5.91 Å². The van der Waals surface area contributed by atoms with Gasteiger partial charge in [-0.2, -0.15) is 5.26 Å². The first-order chi connectivity index (χ1) is 13.0. The second-order valence-corrected chi connectivity index (χ2v) is 5.91. The van der Waals surface area contributed by atoms with Crippen LogP contribution in [-0.2, 0) is 9.59 Å². The number of nitrogens with one attached hydrogen (secondary N) is 2. The van der Waals surface area contributed by atoms with E-state index in [4.69, 9.17) is 26.3 Å². The molecular weight excluding hydrogens is 370 g/mol. The summed E-state index contributed by atoms with van der Waals surface area (Å²) in [7, 11) is 0. The lowest BCUT2D eigenvalue weighted by Crippen LogP contribution is -2.25. The third kappa shape index (κ3) is 4.77. The summed E-state index contributed by atoms with van der Waals surface area (Å²) < 4.78 is 10.5. The minimum absolute atomic E-state index is 0.0213. The molecule has 7 nitrogen and oxygen atoms in total. The van der Waals surface area contributed by atoms with Gasteiger partial charge in [-0.25, -0.2) is 0 Å². The Labute approximate surface area is 160 Å². The van der Waals surface area contributed by atoms with Gasteiger partial charge < -0.3 is 20.1 Å². The van der Waals surface area contributed by atoms with Crippen LogP contribution in [0.5, 0.6) is 11.5 Å². The number of amides is 2. The highest BCUT2D eigenvalue weighted by atomic mass is 35.5. The Kier molecular flexibility index (Phi) is 5.59. The molecule has 1 aliphatic rings. The third-order valence-corrected chi connectivity index (χ3v) is 3.88. The van der Waals surface area contributed by atoms with Crippen LogP contribution in [0.2, 0.25) is 5.02 Å². The van der Waals surface area contributed by atoms with Crippen LogP contribution in [0.4, 0.5) is 11.4 Å². The highest BCUT2D eigenvalue weighted by Gasteiger charge is 2.18. The molecule has 0 fully saturated rings. The summed E-state index contributed by atoms with van der Waals surface area (Å²) in [6.07, 6.45) is 3.00. The molecule has 2 N–H and O–H groups in total. The molecular formula is C19H14ClN3O4. The van der Waals surface area contributed by atoms with Gasteiger partial charge in [-0.15, -0.1) is 0 Å². The first-order valence-electron chi connectivity index (χ1n) is 7.90. The molecule has 0 aliphatic carbocycles. The standard InChI is InChI=1S/C19H14ClN3O4/c20-14-9-16-17(27-11-19(25)23-16)10-15(14)22-18(24)6-3-12-1-4-13(5-2-12)26-8-7-21/h1-6,9-10H,8,11H2,(H,22,24)(H,23,25)/b6-3+. The topological polar surface area (TPSA) is 100 Å². The molecule has 2 aromatic rings. The van der Waals surface area contributed by atoms with Crippen molar-refractivity contribution in [3.05, 3.63) is 53.1 Å². The van der Waals surface area contributed by atoms with Crippen LogP contribution in [-0.4, -0.2) is 25.0 Å². The van der Waals surface area contributed by atoms with Crippen molar-refractivity contribution in [3.63, 3.8) is 0 Å². The van der Waals surface area contributed by atoms with Crippen LogP contribution in [0.1, 0.15) is 5.56 Å². The molecule has 0 saturated heterocycles. The van der Waals surface area contributed by atoms with Gasteiger partial charge in [0, 0.05) is 12.1 Å². The fraction of sp³-hybridized carbons (Fsp3) is 0.105. The van der Waals surface area contributed by atoms with Crippen molar-refractivity contribution in [1.29, 1.82) is 5.26 Å². The minimum Gasteiger partial charge on any atom is -0.482 e. The van der Waals surface area contributed by atoms with Gasteiger partial charge in [0.15, 0.2) is 13.2 Å². The van der Waals surface area contributed by atoms with E-state index in [2.05, 4.69) is 10.6 Å². The maximum atomic E-state index is 12.1. The molecule has 0 atom stereocenters. The summed E-state index contributed by atoms with van der Waals surface area (Å²) in [6.45, 7) is -0.109. The first kappa shape index (κ1) is 18.3. The minimum atomic E-state index is -0.374. The molecule has 2 amide bonds. The van der Waals surface area contributed by atoms with Crippen LogP contribution >= 0.6 is 11.6 Å².